The number of carbonyl (C=O) groups is 1. The summed E-state index contributed by atoms with van der Waals surface area (Å²) in [5.74, 6) is -0.352. The molecule has 0 saturated carbocycles. The molecule has 0 atom stereocenters. The van der Waals surface area contributed by atoms with Gasteiger partial charge in [0.25, 0.3) is 15.9 Å². The fourth-order valence-electron chi connectivity index (χ4n) is 3.66. The predicted molar refractivity (Wildman–Crippen MR) is 133 cm³/mol. The van der Waals surface area contributed by atoms with Gasteiger partial charge < -0.3 is 9.88 Å². The SMILES string of the molecule is CCCCN(CC)C(=O)c1c[nH]c2ccc(S(=O)(=O)N(C)c3ccc(C)c(C)c3)cc2c1=O. The average molecular weight is 470 g/mol. The Balaban J connectivity index is 2.05. The van der Waals surface area contributed by atoms with E-state index in [1.54, 1.807) is 17.0 Å². The molecular formula is C25H31N3O4S. The number of rotatable bonds is 8. The van der Waals surface area contributed by atoms with Gasteiger partial charge in [-0.15, -0.1) is 0 Å². The van der Waals surface area contributed by atoms with Gasteiger partial charge in [0.15, 0.2) is 0 Å². The third kappa shape index (κ3) is 4.80. The zero-order chi connectivity index (χ0) is 24.3. The number of amides is 1. The molecule has 176 valence electrons. The lowest BCUT2D eigenvalue weighted by molar-refractivity contribution is 0.0761. The highest BCUT2D eigenvalue weighted by molar-refractivity contribution is 7.92. The number of nitrogens with one attached hydrogen (secondary N) is 1. The van der Waals surface area contributed by atoms with Gasteiger partial charge in [0.1, 0.15) is 5.56 Å². The maximum Gasteiger partial charge on any atom is 0.264 e. The van der Waals surface area contributed by atoms with E-state index in [0.717, 1.165) is 24.0 Å². The Labute approximate surface area is 195 Å². The second kappa shape index (κ2) is 9.79. The van der Waals surface area contributed by atoms with E-state index in [4.69, 9.17) is 0 Å². The summed E-state index contributed by atoms with van der Waals surface area (Å²) in [6.45, 7) is 8.86. The molecule has 7 nitrogen and oxygen atoms in total. The van der Waals surface area contributed by atoms with Crippen molar-refractivity contribution in [3.05, 3.63) is 69.5 Å². The van der Waals surface area contributed by atoms with Crippen LogP contribution in [-0.4, -0.2) is 44.3 Å². The Morgan fingerprint density at radius 1 is 1.03 bits per heavy atom. The van der Waals surface area contributed by atoms with Crippen LogP contribution in [0.2, 0.25) is 0 Å². The number of aromatic nitrogens is 1. The van der Waals surface area contributed by atoms with Crippen molar-refractivity contribution in [1.82, 2.24) is 9.88 Å². The molecule has 0 aliphatic carbocycles. The number of hydrogen-bond donors (Lipinski definition) is 1. The van der Waals surface area contributed by atoms with Gasteiger partial charge in [0.05, 0.1) is 10.6 Å². The number of benzene rings is 2. The van der Waals surface area contributed by atoms with Crippen molar-refractivity contribution >= 4 is 32.5 Å². The Kier molecular flexibility index (Phi) is 7.27. The topological polar surface area (TPSA) is 90.6 Å². The molecule has 0 bridgehead atoms. The highest BCUT2D eigenvalue weighted by Gasteiger charge is 2.24. The molecule has 1 amide bonds. The molecule has 1 heterocycles. The third-order valence-electron chi connectivity index (χ3n) is 6.05. The molecular weight excluding hydrogens is 438 g/mol. The molecule has 0 saturated heterocycles. The maximum absolute atomic E-state index is 13.3. The number of hydrogen-bond acceptors (Lipinski definition) is 4. The summed E-state index contributed by atoms with van der Waals surface area (Å²) in [5.41, 5.74) is 2.59. The predicted octanol–water partition coefficient (Wildman–Crippen LogP) is 4.23. The number of anilines is 1. The first-order chi connectivity index (χ1) is 15.6. The molecule has 8 heteroatoms. The molecule has 3 aromatic rings. The van der Waals surface area contributed by atoms with Crippen LogP contribution >= 0.6 is 0 Å². The minimum absolute atomic E-state index is 0.0100. The second-order valence-electron chi connectivity index (χ2n) is 8.22. The van der Waals surface area contributed by atoms with Gasteiger partial charge in [0, 0.05) is 37.2 Å². The number of sulfonamides is 1. The summed E-state index contributed by atoms with van der Waals surface area (Å²) in [4.78, 5) is 30.7. The quantitative estimate of drug-likeness (QED) is 0.534. The third-order valence-corrected chi connectivity index (χ3v) is 7.83. The van der Waals surface area contributed by atoms with Crippen LogP contribution in [0.1, 0.15) is 48.2 Å². The van der Waals surface area contributed by atoms with Gasteiger partial charge in [0.2, 0.25) is 5.43 Å². The first-order valence-electron chi connectivity index (χ1n) is 11.1. The lowest BCUT2D eigenvalue weighted by Gasteiger charge is -2.21. The Morgan fingerprint density at radius 2 is 1.76 bits per heavy atom. The van der Waals surface area contributed by atoms with E-state index < -0.39 is 15.5 Å². The lowest BCUT2D eigenvalue weighted by Crippen LogP contribution is -2.35. The smallest absolute Gasteiger partial charge is 0.264 e. The fourth-order valence-corrected chi connectivity index (χ4v) is 4.87. The number of fused-ring (bicyclic) bond motifs is 1. The van der Waals surface area contributed by atoms with Crippen LogP contribution in [0.3, 0.4) is 0 Å². The van der Waals surface area contributed by atoms with Gasteiger partial charge >= 0.3 is 0 Å². The van der Waals surface area contributed by atoms with Crippen molar-refractivity contribution in [2.24, 2.45) is 0 Å². The van der Waals surface area contributed by atoms with Gasteiger partial charge in [-0.25, -0.2) is 8.42 Å². The van der Waals surface area contributed by atoms with E-state index in [-0.39, 0.29) is 21.8 Å². The minimum Gasteiger partial charge on any atom is -0.360 e. The molecule has 0 spiro atoms. The highest BCUT2D eigenvalue weighted by atomic mass is 32.2. The molecule has 33 heavy (non-hydrogen) atoms. The molecule has 1 aromatic heterocycles. The number of unbranched alkanes of at least 4 members (excludes halogenated alkanes) is 1. The summed E-state index contributed by atoms with van der Waals surface area (Å²) in [6.07, 6.45) is 3.20. The van der Waals surface area contributed by atoms with E-state index in [1.165, 1.54) is 29.7 Å². The fraction of sp³-hybridized carbons (Fsp3) is 0.360. The number of nitrogens with zero attached hydrogens (tertiary/aromatic N) is 2. The van der Waals surface area contributed by atoms with Crippen molar-refractivity contribution in [2.75, 3.05) is 24.4 Å². The number of aromatic amines is 1. The van der Waals surface area contributed by atoms with Crippen molar-refractivity contribution < 1.29 is 13.2 Å². The summed E-state index contributed by atoms with van der Waals surface area (Å²) in [5, 5.41) is 0.168. The van der Waals surface area contributed by atoms with Crippen molar-refractivity contribution in [1.29, 1.82) is 0 Å². The van der Waals surface area contributed by atoms with Gasteiger partial charge in [-0.05, 0) is 68.7 Å². The molecule has 2 aromatic carbocycles. The molecule has 0 radical (unpaired) electrons. The van der Waals surface area contributed by atoms with E-state index in [9.17, 15) is 18.0 Å². The molecule has 0 unspecified atom stereocenters. The Morgan fingerprint density at radius 3 is 2.39 bits per heavy atom. The van der Waals surface area contributed by atoms with Crippen molar-refractivity contribution in [2.45, 2.75) is 45.4 Å². The molecule has 0 aliphatic rings. The minimum atomic E-state index is -3.91. The van der Waals surface area contributed by atoms with Crippen LogP contribution in [0.5, 0.6) is 0 Å². The number of H-pyrrole nitrogens is 1. The number of carbonyl (C=O) groups excluding carboxylic acids is 1. The average Bonchev–Trinajstić information content (AvgIpc) is 2.80. The normalized spacial score (nSPS) is 11.5. The van der Waals surface area contributed by atoms with E-state index in [1.807, 2.05) is 39.8 Å². The molecule has 3 rings (SSSR count). The number of pyridine rings is 1. The standard InChI is InChI=1S/C25H31N3O4S/c1-6-8-13-28(7-2)25(30)22-16-26-23-12-11-20(15-21(23)24(22)29)33(31,32)27(5)19-10-9-17(3)18(4)14-19/h9-12,14-16H,6-8,13H2,1-5H3,(H,26,29). The summed E-state index contributed by atoms with van der Waals surface area (Å²) < 4.78 is 27.8. The summed E-state index contributed by atoms with van der Waals surface area (Å²) in [7, 11) is -2.42. The van der Waals surface area contributed by atoms with Gasteiger partial charge in [-0.3, -0.25) is 13.9 Å². The zero-order valence-corrected chi connectivity index (χ0v) is 20.6. The number of aryl methyl sites for hydroxylation is 2. The lowest BCUT2D eigenvalue weighted by atomic mass is 10.1. The van der Waals surface area contributed by atoms with Gasteiger partial charge in [-0.2, -0.15) is 0 Å². The van der Waals surface area contributed by atoms with E-state index in [0.29, 0.717) is 24.3 Å². The molecule has 1 N–H and O–H groups in total. The van der Waals surface area contributed by atoms with Crippen LogP contribution in [0.4, 0.5) is 5.69 Å². The molecule has 0 fully saturated rings. The largest absolute Gasteiger partial charge is 0.360 e. The van der Waals surface area contributed by atoms with E-state index in [2.05, 4.69) is 4.98 Å². The second-order valence-corrected chi connectivity index (χ2v) is 10.2. The first-order valence-corrected chi connectivity index (χ1v) is 12.6. The van der Waals surface area contributed by atoms with Crippen LogP contribution in [0.15, 0.2) is 52.3 Å². The zero-order valence-electron chi connectivity index (χ0n) is 19.8. The highest BCUT2D eigenvalue weighted by Crippen LogP contribution is 2.25. The van der Waals surface area contributed by atoms with Crippen LogP contribution in [-0.2, 0) is 10.0 Å². The van der Waals surface area contributed by atoms with Crippen LogP contribution in [0.25, 0.3) is 10.9 Å². The Bertz CT molecular complexity index is 1350. The monoisotopic (exact) mass is 469 g/mol. The van der Waals surface area contributed by atoms with E-state index >= 15 is 0 Å². The maximum atomic E-state index is 13.3. The summed E-state index contributed by atoms with van der Waals surface area (Å²) in [6, 6.07) is 9.80. The van der Waals surface area contributed by atoms with Crippen molar-refractivity contribution in [3.8, 4) is 0 Å². The molecule has 0 aliphatic heterocycles. The summed E-state index contributed by atoms with van der Waals surface area (Å²) >= 11 is 0. The first kappa shape index (κ1) is 24.5. The van der Waals surface area contributed by atoms with Gasteiger partial charge in [-0.1, -0.05) is 19.4 Å². The van der Waals surface area contributed by atoms with Crippen molar-refractivity contribution in [3.63, 3.8) is 0 Å². The van der Waals surface area contributed by atoms with Crippen LogP contribution in [0, 0.1) is 13.8 Å². The Hall–Kier alpha value is -3.13. The van der Waals surface area contributed by atoms with Crippen LogP contribution < -0.4 is 9.73 Å².